The average molecular weight is 355 g/mol. The maximum absolute atomic E-state index is 9.28. The predicted molar refractivity (Wildman–Crippen MR) is 111 cm³/mol. The van der Waals surface area contributed by atoms with E-state index in [1.165, 1.54) is 11.1 Å². The summed E-state index contributed by atoms with van der Waals surface area (Å²) in [5, 5.41) is 9.28. The first-order valence-electron chi connectivity index (χ1n) is 8.57. The Bertz CT molecular complexity index is 803. The van der Waals surface area contributed by atoms with Crippen molar-refractivity contribution in [1.82, 2.24) is 4.98 Å². The molecule has 1 heterocycles. The first-order valence-corrected chi connectivity index (χ1v) is 11.4. The van der Waals surface area contributed by atoms with E-state index in [0.29, 0.717) is 0 Å². The van der Waals surface area contributed by atoms with Crippen molar-refractivity contribution in [2.75, 3.05) is 18.8 Å². The zero-order valence-electron chi connectivity index (χ0n) is 16.8. The lowest BCUT2D eigenvalue weighted by molar-refractivity contribution is 0.687. The van der Waals surface area contributed by atoms with Gasteiger partial charge in [0.25, 0.3) is 0 Å². The lowest BCUT2D eigenvalue weighted by Gasteiger charge is -2.44. The van der Waals surface area contributed by atoms with E-state index >= 15 is 0 Å². The Labute approximate surface area is 154 Å². The monoisotopic (exact) mass is 354 g/mol. The van der Waals surface area contributed by atoms with Gasteiger partial charge in [-0.15, -0.1) is 0 Å². The molecule has 0 saturated heterocycles. The SMILES string of the molecule is Cc1cc(-c2ccc(C(C)(C)C#N)cc2)ncc1C(C)(C)S(C)(C)C. The lowest BCUT2D eigenvalue weighted by atomic mass is 9.86. The normalized spacial score (nSPS) is 13.4. The van der Waals surface area contributed by atoms with E-state index in [2.05, 4.69) is 70.0 Å². The molecule has 0 N–H and O–H groups in total. The summed E-state index contributed by atoms with van der Waals surface area (Å²) in [4.78, 5) is 4.75. The number of benzene rings is 1. The lowest BCUT2D eigenvalue weighted by Crippen LogP contribution is -2.25. The molecule has 2 nitrogen and oxygen atoms in total. The molecule has 0 amide bonds. The Morgan fingerprint density at radius 2 is 1.56 bits per heavy atom. The maximum atomic E-state index is 9.28. The third kappa shape index (κ3) is 3.75. The first kappa shape index (κ1) is 19.5. The van der Waals surface area contributed by atoms with Gasteiger partial charge < -0.3 is 0 Å². The van der Waals surface area contributed by atoms with Gasteiger partial charge in [0.15, 0.2) is 0 Å². The summed E-state index contributed by atoms with van der Waals surface area (Å²) >= 11 is 0. The van der Waals surface area contributed by atoms with Crippen molar-refractivity contribution in [1.29, 1.82) is 5.26 Å². The summed E-state index contributed by atoms with van der Waals surface area (Å²) in [5.41, 5.74) is 5.27. The molecule has 0 fully saturated rings. The molecule has 0 atom stereocenters. The topological polar surface area (TPSA) is 36.7 Å². The van der Waals surface area contributed by atoms with Gasteiger partial charge in [0.1, 0.15) is 0 Å². The number of nitrogens with zero attached hydrogens (tertiary/aromatic N) is 2. The molecule has 0 aliphatic rings. The molecule has 0 bridgehead atoms. The molecule has 0 saturated carbocycles. The summed E-state index contributed by atoms with van der Waals surface area (Å²) in [6.45, 7) is 10.7. The number of hydrogen-bond acceptors (Lipinski definition) is 2. The Balaban J connectivity index is 2.41. The largest absolute Gasteiger partial charge is 0.256 e. The van der Waals surface area contributed by atoms with Crippen molar-refractivity contribution in [3.63, 3.8) is 0 Å². The number of aryl methyl sites for hydroxylation is 1. The van der Waals surface area contributed by atoms with Crippen molar-refractivity contribution < 1.29 is 0 Å². The van der Waals surface area contributed by atoms with Gasteiger partial charge in [-0.1, -0.05) is 24.3 Å². The fourth-order valence-electron chi connectivity index (χ4n) is 2.80. The van der Waals surface area contributed by atoms with Crippen molar-refractivity contribution in [2.45, 2.75) is 44.8 Å². The minimum absolute atomic E-state index is 0.128. The van der Waals surface area contributed by atoms with Crippen LogP contribution in [0, 0.1) is 18.3 Å². The third-order valence-electron chi connectivity index (χ3n) is 5.47. The summed E-state index contributed by atoms with van der Waals surface area (Å²) in [6.07, 6.45) is 9.12. The highest BCUT2D eigenvalue weighted by Gasteiger charge is 2.32. The van der Waals surface area contributed by atoms with E-state index in [1.807, 2.05) is 26.0 Å². The zero-order valence-corrected chi connectivity index (χ0v) is 17.6. The summed E-state index contributed by atoms with van der Waals surface area (Å²) in [7, 11) is -0.751. The molecule has 3 heteroatoms. The minimum atomic E-state index is -0.751. The van der Waals surface area contributed by atoms with Crippen molar-refractivity contribution >= 4 is 10.0 Å². The fraction of sp³-hybridized carbons (Fsp3) is 0.455. The van der Waals surface area contributed by atoms with Crippen LogP contribution in [0.25, 0.3) is 11.3 Å². The molecular weight excluding hydrogens is 324 g/mol. The molecule has 1 aromatic carbocycles. The number of pyridine rings is 1. The highest BCUT2D eigenvalue weighted by atomic mass is 32.3. The van der Waals surface area contributed by atoms with Crippen LogP contribution in [0.3, 0.4) is 0 Å². The highest BCUT2D eigenvalue weighted by Crippen LogP contribution is 2.56. The van der Waals surface area contributed by atoms with Gasteiger partial charge in [0.05, 0.1) is 17.2 Å². The van der Waals surface area contributed by atoms with Gasteiger partial charge in [0.2, 0.25) is 0 Å². The Hall–Kier alpha value is -1.79. The van der Waals surface area contributed by atoms with Crippen LogP contribution in [0.1, 0.15) is 44.4 Å². The third-order valence-corrected chi connectivity index (χ3v) is 8.75. The van der Waals surface area contributed by atoms with Crippen LogP contribution in [-0.2, 0) is 10.2 Å². The molecular formula is C22H30N2S. The van der Waals surface area contributed by atoms with Crippen LogP contribution < -0.4 is 0 Å². The number of aromatic nitrogens is 1. The molecule has 1 aromatic heterocycles. The van der Waals surface area contributed by atoms with E-state index in [-0.39, 0.29) is 4.75 Å². The number of rotatable bonds is 4. The molecule has 0 spiro atoms. The van der Waals surface area contributed by atoms with Crippen LogP contribution >= 0.6 is 10.0 Å². The van der Waals surface area contributed by atoms with E-state index in [0.717, 1.165) is 16.8 Å². The molecule has 2 aromatic rings. The molecule has 2 rings (SSSR count). The van der Waals surface area contributed by atoms with Gasteiger partial charge in [-0.3, -0.25) is 4.98 Å². The van der Waals surface area contributed by atoms with Crippen molar-refractivity contribution in [3.05, 3.63) is 53.2 Å². The summed E-state index contributed by atoms with van der Waals surface area (Å²) in [5.74, 6) is 0. The zero-order chi connectivity index (χ0) is 19.0. The van der Waals surface area contributed by atoms with Crippen molar-refractivity contribution in [2.24, 2.45) is 0 Å². The first-order chi connectivity index (χ1) is 11.4. The predicted octanol–water partition coefficient (Wildman–Crippen LogP) is 5.79. The maximum Gasteiger partial charge on any atom is 0.0766 e. The molecule has 0 aliphatic heterocycles. The van der Waals surface area contributed by atoms with E-state index < -0.39 is 15.4 Å². The standard InChI is InChI=1S/C22H30N2S/c1-16-13-20(24-14-19(16)22(4,5)25(6,7)8)17-9-11-18(12-10-17)21(2,3)15-23/h9-14H,1-8H3. The summed E-state index contributed by atoms with van der Waals surface area (Å²) in [6, 6.07) is 12.7. The van der Waals surface area contributed by atoms with Gasteiger partial charge in [0, 0.05) is 16.5 Å². The van der Waals surface area contributed by atoms with Gasteiger partial charge in [-0.25, -0.2) is 10.0 Å². The second-order valence-electron chi connectivity index (χ2n) is 8.55. The molecule has 0 radical (unpaired) electrons. The van der Waals surface area contributed by atoms with Gasteiger partial charge in [-0.05, 0) is 76.1 Å². The molecule has 134 valence electrons. The Morgan fingerprint density at radius 3 is 2.00 bits per heavy atom. The number of hydrogen-bond donors (Lipinski definition) is 0. The van der Waals surface area contributed by atoms with E-state index in [4.69, 9.17) is 4.98 Å². The van der Waals surface area contributed by atoms with Crippen LogP contribution in [0.5, 0.6) is 0 Å². The van der Waals surface area contributed by atoms with Crippen LogP contribution in [-0.4, -0.2) is 23.8 Å². The second kappa shape index (κ2) is 6.50. The summed E-state index contributed by atoms with van der Waals surface area (Å²) < 4.78 is 0.128. The highest BCUT2D eigenvalue weighted by molar-refractivity contribution is 8.32. The quantitative estimate of drug-likeness (QED) is 0.697. The Kier molecular flexibility index (Phi) is 5.08. The van der Waals surface area contributed by atoms with E-state index in [1.54, 1.807) is 0 Å². The second-order valence-corrected chi connectivity index (χ2v) is 13.2. The van der Waals surface area contributed by atoms with E-state index in [9.17, 15) is 5.26 Å². The average Bonchev–Trinajstić information content (AvgIpc) is 2.53. The Morgan fingerprint density at radius 1 is 1.00 bits per heavy atom. The molecule has 25 heavy (non-hydrogen) atoms. The van der Waals surface area contributed by atoms with Crippen LogP contribution in [0.2, 0.25) is 0 Å². The minimum Gasteiger partial charge on any atom is -0.256 e. The smallest absolute Gasteiger partial charge is 0.0766 e. The number of nitriles is 1. The van der Waals surface area contributed by atoms with Crippen molar-refractivity contribution in [3.8, 4) is 17.3 Å². The van der Waals surface area contributed by atoms with Gasteiger partial charge in [-0.2, -0.15) is 5.26 Å². The molecule has 0 unspecified atom stereocenters. The van der Waals surface area contributed by atoms with Crippen LogP contribution in [0.4, 0.5) is 0 Å². The fourth-order valence-corrected chi connectivity index (χ4v) is 3.67. The van der Waals surface area contributed by atoms with Crippen LogP contribution in [0.15, 0.2) is 36.5 Å². The molecule has 0 aliphatic carbocycles. The van der Waals surface area contributed by atoms with Gasteiger partial charge >= 0.3 is 0 Å².